The largest absolute Gasteiger partial charge is 0.465 e. The van der Waals surface area contributed by atoms with Crippen LogP contribution in [0.15, 0.2) is 40.9 Å². The second-order valence-electron chi connectivity index (χ2n) is 8.37. The van der Waals surface area contributed by atoms with Crippen molar-refractivity contribution in [3.05, 3.63) is 64.8 Å². The first kappa shape index (κ1) is 22.1. The maximum Gasteiger partial charge on any atom is 0.341 e. The van der Waals surface area contributed by atoms with Crippen LogP contribution in [0.1, 0.15) is 52.9 Å². The monoisotopic (exact) mass is 425 g/mol. The quantitative estimate of drug-likeness (QED) is 0.590. The third-order valence-electron chi connectivity index (χ3n) is 4.61. The summed E-state index contributed by atoms with van der Waals surface area (Å²) >= 11 is 0. The SMILES string of the molecule is COC(=O)c1c(F)ccc(NC(=O)c2ccc(-c3noc(CC(C)(C)C)n3)cc2)c1C. The number of rotatable bonds is 5. The van der Waals surface area contributed by atoms with Gasteiger partial charge in [0.05, 0.1) is 7.11 Å². The molecule has 0 saturated carbocycles. The van der Waals surface area contributed by atoms with Crippen LogP contribution in [0.5, 0.6) is 0 Å². The van der Waals surface area contributed by atoms with Crippen LogP contribution in [-0.4, -0.2) is 29.1 Å². The van der Waals surface area contributed by atoms with E-state index in [0.717, 1.165) is 6.07 Å². The number of halogens is 1. The van der Waals surface area contributed by atoms with Gasteiger partial charge >= 0.3 is 5.97 Å². The fourth-order valence-electron chi connectivity index (χ4n) is 3.03. The Morgan fingerprint density at radius 2 is 1.81 bits per heavy atom. The molecule has 0 aliphatic carbocycles. The van der Waals surface area contributed by atoms with Gasteiger partial charge in [0.15, 0.2) is 0 Å². The molecular weight excluding hydrogens is 401 g/mol. The minimum Gasteiger partial charge on any atom is -0.465 e. The standard InChI is InChI=1S/C23H24FN3O4/c1-13-17(11-10-16(24)19(13)22(29)30-5)25-21(28)15-8-6-14(7-9-15)20-26-18(31-27-20)12-23(2,3)4/h6-11H,12H2,1-5H3,(H,25,28). The van der Waals surface area contributed by atoms with E-state index in [2.05, 4.69) is 41.0 Å². The number of hydrogen-bond acceptors (Lipinski definition) is 6. The maximum atomic E-state index is 14.0. The van der Waals surface area contributed by atoms with Gasteiger partial charge in [-0.05, 0) is 42.2 Å². The average Bonchev–Trinajstić information content (AvgIpc) is 3.16. The third-order valence-corrected chi connectivity index (χ3v) is 4.61. The summed E-state index contributed by atoms with van der Waals surface area (Å²) in [5.74, 6) is -0.918. The lowest BCUT2D eigenvalue weighted by Gasteiger charge is -2.13. The smallest absolute Gasteiger partial charge is 0.341 e. The molecule has 8 heteroatoms. The lowest BCUT2D eigenvalue weighted by Crippen LogP contribution is -2.15. The number of benzene rings is 2. The molecule has 1 aromatic heterocycles. The third kappa shape index (κ3) is 5.14. The maximum absolute atomic E-state index is 14.0. The van der Waals surface area contributed by atoms with E-state index in [1.807, 2.05) is 0 Å². The molecule has 1 heterocycles. The molecule has 2 aromatic carbocycles. The van der Waals surface area contributed by atoms with Gasteiger partial charge in [0.1, 0.15) is 11.4 Å². The first-order chi connectivity index (χ1) is 14.6. The Hall–Kier alpha value is -3.55. The summed E-state index contributed by atoms with van der Waals surface area (Å²) in [5.41, 5.74) is 1.52. The van der Waals surface area contributed by atoms with Crippen molar-refractivity contribution < 1.29 is 23.2 Å². The van der Waals surface area contributed by atoms with E-state index in [1.54, 1.807) is 31.2 Å². The van der Waals surface area contributed by atoms with Crippen molar-refractivity contribution in [2.24, 2.45) is 5.41 Å². The van der Waals surface area contributed by atoms with Crippen LogP contribution in [-0.2, 0) is 11.2 Å². The second-order valence-corrected chi connectivity index (χ2v) is 8.37. The normalized spacial score (nSPS) is 11.3. The molecule has 0 saturated heterocycles. The number of nitrogens with zero attached hydrogens (tertiary/aromatic N) is 2. The number of esters is 1. The highest BCUT2D eigenvalue weighted by molar-refractivity contribution is 6.05. The van der Waals surface area contributed by atoms with Crippen molar-refractivity contribution >= 4 is 17.6 Å². The minimum absolute atomic E-state index is 0.0258. The van der Waals surface area contributed by atoms with E-state index in [-0.39, 0.29) is 16.5 Å². The molecule has 0 aliphatic heterocycles. The van der Waals surface area contributed by atoms with Gasteiger partial charge in [0.2, 0.25) is 11.7 Å². The zero-order valence-electron chi connectivity index (χ0n) is 18.1. The molecule has 0 aliphatic rings. The lowest BCUT2D eigenvalue weighted by atomic mass is 9.92. The van der Waals surface area contributed by atoms with E-state index < -0.39 is 17.7 Å². The summed E-state index contributed by atoms with van der Waals surface area (Å²) in [6, 6.07) is 9.22. The van der Waals surface area contributed by atoms with E-state index in [4.69, 9.17) is 4.52 Å². The molecule has 3 aromatic rings. The molecular formula is C23H24FN3O4. The highest BCUT2D eigenvalue weighted by Crippen LogP contribution is 2.25. The molecule has 0 radical (unpaired) electrons. The molecule has 31 heavy (non-hydrogen) atoms. The van der Waals surface area contributed by atoms with Gasteiger partial charge < -0.3 is 14.6 Å². The predicted octanol–water partition coefficient (Wildman–Crippen LogP) is 4.81. The topological polar surface area (TPSA) is 94.3 Å². The number of hydrogen-bond donors (Lipinski definition) is 1. The van der Waals surface area contributed by atoms with Gasteiger partial charge in [0, 0.05) is 23.2 Å². The summed E-state index contributed by atoms with van der Waals surface area (Å²) in [4.78, 5) is 28.9. The molecule has 7 nitrogen and oxygen atoms in total. The Bertz CT molecular complexity index is 1110. The number of amides is 1. The summed E-state index contributed by atoms with van der Waals surface area (Å²) in [6.07, 6.45) is 0.658. The van der Waals surface area contributed by atoms with Crippen molar-refractivity contribution in [3.63, 3.8) is 0 Å². The van der Waals surface area contributed by atoms with Crippen LogP contribution < -0.4 is 5.32 Å². The van der Waals surface area contributed by atoms with Gasteiger partial charge in [-0.15, -0.1) is 0 Å². The number of carbonyl (C=O) groups is 2. The van der Waals surface area contributed by atoms with Gasteiger partial charge in [-0.1, -0.05) is 38.1 Å². The van der Waals surface area contributed by atoms with Crippen molar-refractivity contribution in [1.29, 1.82) is 0 Å². The van der Waals surface area contributed by atoms with Gasteiger partial charge in [-0.25, -0.2) is 9.18 Å². The molecule has 0 unspecified atom stereocenters. The van der Waals surface area contributed by atoms with Gasteiger partial charge in [-0.3, -0.25) is 4.79 Å². The summed E-state index contributed by atoms with van der Waals surface area (Å²) < 4.78 is 23.9. The van der Waals surface area contributed by atoms with Crippen LogP contribution in [0, 0.1) is 18.2 Å². The fraction of sp³-hybridized carbons (Fsp3) is 0.304. The number of nitrogens with one attached hydrogen (secondary N) is 1. The molecule has 0 spiro atoms. The molecule has 1 N–H and O–H groups in total. The zero-order valence-corrected chi connectivity index (χ0v) is 18.1. The Balaban J connectivity index is 1.77. The lowest BCUT2D eigenvalue weighted by molar-refractivity contribution is 0.0594. The first-order valence-corrected chi connectivity index (χ1v) is 9.71. The van der Waals surface area contributed by atoms with Crippen molar-refractivity contribution in [3.8, 4) is 11.4 Å². The summed E-state index contributed by atoms with van der Waals surface area (Å²) in [6.45, 7) is 7.79. The molecule has 0 atom stereocenters. The van der Waals surface area contributed by atoms with Crippen LogP contribution in [0.25, 0.3) is 11.4 Å². The first-order valence-electron chi connectivity index (χ1n) is 9.71. The van der Waals surface area contributed by atoms with E-state index >= 15 is 0 Å². The van der Waals surface area contributed by atoms with E-state index in [0.29, 0.717) is 35.0 Å². The van der Waals surface area contributed by atoms with Crippen molar-refractivity contribution in [2.45, 2.75) is 34.1 Å². The Morgan fingerprint density at radius 1 is 1.13 bits per heavy atom. The average molecular weight is 425 g/mol. The predicted molar refractivity (Wildman–Crippen MR) is 113 cm³/mol. The number of anilines is 1. The Labute approximate surface area is 179 Å². The number of ether oxygens (including phenoxy) is 1. The molecule has 1 amide bonds. The van der Waals surface area contributed by atoms with E-state index in [9.17, 15) is 14.0 Å². The van der Waals surface area contributed by atoms with E-state index in [1.165, 1.54) is 13.2 Å². The highest BCUT2D eigenvalue weighted by atomic mass is 19.1. The second kappa shape index (κ2) is 8.67. The number of aromatic nitrogens is 2. The van der Waals surface area contributed by atoms with Crippen molar-refractivity contribution in [2.75, 3.05) is 12.4 Å². The minimum atomic E-state index is -0.804. The molecule has 0 bridgehead atoms. The Morgan fingerprint density at radius 3 is 2.42 bits per heavy atom. The molecule has 3 rings (SSSR count). The fourth-order valence-corrected chi connectivity index (χ4v) is 3.03. The Kier molecular flexibility index (Phi) is 6.19. The summed E-state index contributed by atoms with van der Waals surface area (Å²) in [7, 11) is 1.17. The molecule has 0 fully saturated rings. The number of methoxy groups -OCH3 is 1. The van der Waals surface area contributed by atoms with Crippen molar-refractivity contribution in [1.82, 2.24) is 10.1 Å². The summed E-state index contributed by atoms with van der Waals surface area (Å²) in [5, 5.41) is 6.70. The van der Waals surface area contributed by atoms with Gasteiger partial charge in [-0.2, -0.15) is 4.98 Å². The molecule has 162 valence electrons. The van der Waals surface area contributed by atoms with Crippen LogP contribution in [0.2, 0.25) is 0 Å². The van der Waals surface area contributed by atoms with Crippen LogP contribution >= 0.6 is 0 Å². The van der Waals surface area contributed by atoms with Crippen LogP contribution in [0.4, 0.5) is 10.1 Å². The van der Waals surface area contributed by atoms with Gasteiger partial charge in [0.25, 0.3) is 5.91 Å². The highest BCUT2D eigenvalue weighted by Gasteiger charge is 2.20. The number of carbonyl (C=O) groups excluding carboxylic acids is 2. The van der Waals surface area contributed by atoms with Crippen LogP contribution in [0.3, 0.4) is 0 Å². The zero-order chi connectivity index (χ0) is 22.8.